The zero-order valence-corrected chi connectivity index (χ0v) is 16.2. The number of hydrogen-bond acceptors (Lipinski definition) is 4. The number of phenols is 1. The average Bonchev–Trinajstić information content (AvgIpc) is 3.42. The molecule has 2 atom stereocenters. The molecule has 2 fully saturated rings. The maximum absolute atomic E-state index is 12.1. The topological polar surface area (TPSA) is 89.0 Å². The molecule has 1 saturated carbocycles. The number of hydrogen-bond donors (Lipinski definition) is 4. The van der Waals surface area contributed by atoms with Crippen molar-refractivity contribution in [2.45, 2.75) is 51.2 Å². The molecule has 1 aliphatic carbocycles. The van der Waals surface area contributed by atoms with Gasteiger partial charge >= 0.3 is 0 Å². The Morgan fingerprint density at radius 3 is 2.67 bits per heavy atom. The fourth-order valence-electron chi connectivity index (χ4n) is 3.64. The molecule has 27 heavy (non-hydrogen) atoms. The number of aromatic hydroxyl groups is 1. The maximum atomic E-state index is 12.1. The van der Waals surface area contributed by atoms with E-state index < -0.39 is 0 Å². The van der Waals surface area contributed by atoms with E-state index >= 15 is 0 Å². The van der Waals surface area contributed by atoms with Gasteiger partial charge in [0.25, 0.3) is 5.91 Å². The Morgan fingerprint density at radius 2 is 2.00 bits per heavy atom. The number of amides is 1. The minimum absolute atomic E-state index is 0.152. The lowest BCUT2D eigenvalue weighted by atomic mass is 10.2. The van der Waals surface area contributed by atoms with E-state index in [1.165, 1.54) is 25.0 Å². The summed E-state index contributed by atoms with van der Waals surface area (Å²) >= 11 is 0. The third-order valence-corrected chi connectivity index (χ3v) is 5.12. The molecule has 2 aliphatic rings. The number of nitrogens with one attached hydrogen (secondary N) is 3. The summed E-state index contributed by atoms with van der Waals surface area (Å²) < 4.78 is 0. The molecular formula is C20H31N5O2. The molecule has 0 aromatic heterocycles. The van der Waals surface area contributed by atoms with Crippen molar-refractivity contribution in [1.82, 2.24) is 20.9 Å². The predicted octanol–water partition coefficient (Wildman–Crippen LogP) is 1.30. The molecule has 4 N–H and O–H groups in total. The van der Waals surface area contributed by atoms with E-state index in [0.29, 0.717) is 30.7 Å². The Morgan fingerprint density at radius 1 is 1.26 bits per heavy atom. The van der Waals surface area contributed by atoms with Crippen molar-refractivity contribution >= 4 is 11.9 Å². The van der Waals surface area contributed by atoms with Crippen LogP contribution in [-0.4, -0.2) is 66.2 Å². The first-order chi connectivity index (χ1) is 13.1. The lowest BCUT2D eigenvalue weighted by molar-refractivity contribution is 0.0955. The van der Waals surface area contributed by atoms with Crippen LogP contribution in [-0.2, 0) is 0 Å². The molecule has 1 amide bonds. The molecule has 0 bridgehead atoms. The van der Waals surface area contributed by atoms with Crippen molar-refractivity contribution < 1.29 is 9.90 Å². The van der Waals surface area contributed by atoms with Gasteiger partial charge in [-0.2, -0.15) is 0 Å². The van der Waals surface area contributed by atoms with Gasteiger partial charge in [-0.05, 0) is 57.4 Å². The highest BCUT2D eigenvalue weighted by atomic mass is 16.3. The molecule has 3 rings (SSSR count). The van der Waals surface area contributed by atoms with Gasteiger partial charge in [0.1, 0.15) is 5.75 Å². The number of benzene rings is 1. The van der Waals surface area contributed by atoms with Gasteiger partial charge < -0.3 is 21.1 Å². The van der Waals surface area contributed by atoms with Gasteiger partial charge in [0.15, 0.2) is 5.96 Å². The minimum atomic E-state index is -0.159. The van der Waals surface area contributed by atoms with Gasteiger partial charge in [0, 0.05) is 43.3 Å². The van der Waals surface area contributed by atoms with Crippen molar-refractivity contribution in [2.24, 2.45) is 4.99 Å². The number of carbonyl (C=O) groups excluding carboxylic acids is 1. The van der Waals surface area contributed by atoms with Crippen molar-refractivity contribution in [2.75, 3.05) is 26.2 Å². The second-order valence-electron chi connectivity index (χ2n) is 7.42. The Bertz CT molecular complexity index is 657. The molecule has 1 saturated heterocycles. The molecule has 1 aromatic carbocycles. The van der Waals surface area contributed by atoms with E-state index in [9.17, 15) is 9.90 Å². The van der Waals surface area contributed by atoms with Gasteiger partial charge in [-0.25, -0.2) is 0 Å². The van der Waals surface area contributed by atoms with Crippen LogP contribution in [0.4, 0.5) is 0 Å². The smallest absolute Gasteiger partial charge is 0.251 e. The molecule has 7 nitrogen and oxygen atoms in total. The first-order valence-electron chi connectivity index (χ1n) is 9.94. The second-order valence-corrected chi connectivity index (χ2v) is 7.42. The summed E-state index contributed by atoms with van der Waals surface area (Å²) in [6.07, 6.45) is 3.82. The van der Waals surface area contributed by atoms with Crippen LogP contribution in [0.3, 0.4) is 0 Å². The van der Waals surface area contributed by atoms with Crippen LogP contribution in [0, 0.1) is 0 Å². The summed E-state index contributed by atoms with van der Waals surface area (Å²) in [5.74, 6) is 0.804. The highest BCUT2D eigenvalue weighted by molar-refractivity contribution is 5.94. The number of guanidine groups is 1. The van der Waals surface area contributed by atoms with Crippen LogP contribution in [0.2, 0.25) is 0 Å². The quantitative estimate of drug-likeness (QED) is 0.329. The summed E-state index contributed by atoms with van der Waals surface area (Å²) in [7, 11) is 0. The molecule has 1 aliphatic heterocycles. The fourth-order valence-corrected chi connectivity index (χ4v) is 3.64. The third kappa shape index (κ3) is 5.60. The van der Waals surface area contributed by atoms with Crippen LogP contribution >= 0.6 is 0 Å². The molecule has 0 spiro atoms. The number of carbonyl (C=O) groups is 1. The standard InChI is InChI=1S/C20H31N5O2/c1-3-21-20(24-16-12-14(2)25(13-16)17-6-7-17)23-11-10-22-19(27)15-4-8-18(26)9-5-15/h4-5,8-9,14,16-17,26H,3,6-7,10-13H2,1-2H3,(H,22,27)(H2,21,23,24). The Kier molecular flexibility index (Phi) is 6.55. The Hall–Kier alpha value is -2.28. The first-order valence-corrected chi connectivity index (χ1v) is 9.94. The third-order valence-electron chi connectivity index (χ3n) is 5.12. The number of aliphatic imine (C=N–C) groups is 1. The number of rotatable bonds is 7. The number of likely N-dealkylation sites (tertiary alicyclic amines) is 1. The minimum Gasteiger partial charge on any atom is -0.508 e. The molecule has 1 aromatic rings. The largest absolute Gasteiger partial charge is 0.508 e. The van der Waals surface area contributed by atoms with Gasteiger partial charge in [0.05, 0.1) is 6.54 Å². The van der Waals surface area contributed by atoms with Crippen LogP contribution in [0.15, 0.2) is 29.3 Å². The predicted molar refractivity (Wildman–Crippen MR) is 107 cm³/mol. The van der Waals surface area contributed by atoms with Crippen LogP contribution in [0.25, 0.3) is 0 Å². The van der Waals surface area contributed by atoms with Gasteiger partial charge in [-0.1, -0.05) is 0 Å². The molecule has 7 heteroatoms. The van der Waals surface area contributed by atoms with Crippen molar-refractivity contribution in [3.05, 3.63) is 29.8 Å². The molecule has 0 radical (unpaired) electrons. The summed E-state index contributed by atoms with van der Waals surface area (Å²) in [4.78, 5) is 19.3. The summed E-state index contributed by atoms with van der Waals surface area (Å²) in [6.45, 7) is 7.22. The number of nitrogens with zero attached hydrogens (tertiary/aromatic N) is 2. The number of phenolic OH excluding ortho intramolecular Hbond substituents is 1. The van der Waals surface area contributed by atoms with Crippen LogP contribution in [0.5, 0.6) is 5.75 Å². The van der Waals surface area contributed by atoms with Gasteiger partial charge in [0.2, 0.25) is 0 Å². The summed E-state index contributed by atoms with van der Waals surface area (Å²) in [6, 6.07) is 8.06. The van der Waals surface area contributed by atoms with E-state index in [0.717, 1.165) is 31.5 Å². The Labute approximate surface area is 161 Å². The van der Waals surface area contributed by atoms with E-state index in [2.05, 4.69) is 39.7 Å². The molecule has 148 valence electrons. The van der Waals surface area contributed by atoms with Crippen molar-refractivity contribution in [1.29, 1.82) is 0 Å². The van der Waals surface area contributed by atoms with Gasteiger partial charge in [-0.3, -0.25) is 14.7 Å². The van der Waals surface area contributed by atoms with Crippen molar-refractivity contribution in [3.8, 4) is 5.75 Å². The Balaban J connectivity index is 1.44. The zero-order valence-electron chi connectivity index (χ0n) is 16.2. The van der Waals surface area contributed by atoms with Gasteiger partial charge in [-0.15, -0.1) is 0 Å². The van der Waals surface area contributed by atoms with E-state index in [-0.39, 0.29) is 11.7 Å². The summed E-state index contributed by atoms with van der Waals surface area (Å²) in [5.41, 5.74) is 0.530. The second kappa shape index (κ2) is 9.08. The first kappa shape index (κ1) is 19.5. The fraction of sp³-hybridized carbons (Fsp3) is 0.600. The molecular weight excluding hydrogens is 342 g/mol. The highest BCUT2D eigenvalue weighted by Crippen LogP contribution is 2.33. The average molecular weight is 374 g/mol. The normalized spacial score (nSPS) is 23.3. The van der Waals surface area contributed by atoms with Crippen molar-refractivity contribution in [3.63, 3.8) is 0 Å². The lowest BCUT2D eigenvalue weighted by Gasteiger charge is -2.20. The van der Waals surface area contributed by atoms with E-state index in [1.807, 2.05) is 0 Å². The maximum Gasteiger partial charge on any atom is 0.251 e. The van der Waals surface area contributed by atoms with E-state index in [1.54, 1.807) is 12.1 Å². The van der Waals surface area contributed by atoms with Crippen LogP contribution < -0.4 is 16.0 Å². The SMILES string of the molecule is CCNC(=NCCNC(=O)c1ccc(O)cc1)NC1CC(C)N(C2CC2)C1. The van der Waals surface area contributed by atoms with Crippen LogP contribution in [0.1, 0.15) is 43.5 Å². The lowest BCUT2D eigenvalue weighted by Crippen LogP contribution is -2.45. The summed E-state index contributed by atoms with van der Waals surface area (Å²) in [5, 5.41) is 19.0. The van der Waals surface area contributed by atoms with E-state index in [4.69, 9.17) is 0 Å². The monoisotopic (exact) mass is 373 g/mol. The zero-order chi connectivity index (χ0) is 19.2. The molecule has 2 unspecified atom stereocenters. The highest BCUT2D eigenvalue weighted by Gasteiger charge is 2.38. The molecule has 1 heterocycles.